The lowest BCUT2D eigenvalue weighted by atomic mass is 9.90. The van der Waals surface area contributed by atoms with Crippen molar-refractivity contribution in [3.63, 3.8) is 0 Å². The smallest absolute Gasteiger partial charge is 0.0503 e. The van der Waals surface area contributed by atoms with Gasteiger partial charge in [-0.2, -0.15) is 0 Å². The molecule has 0 aromatic heterocycles. The van der Waals surface area contributed by atoms with Crippen molar-refractivity contribution in [2.24, 2.45) is 17.8 Å². The molecular formula is C23H46N2O. The molecular weight excluding hydrogens is 320 g/mol. The first-order valence-corrected chi connectivity index (χ1v) is 11.3. The van der Waals surface area contributed by atoms with Crippen LogP contribution in [-0.2, 0) is 4.74 Å². The Hall–Kier alpha value is -0.120. The third-order valence-corrected chi connectivity index (χ3v) is 7.11. The first kappa shape index (κ1) is 22.2. The number of ether oxygens (including phenoxy) is 1. The quantitative estimate of drug-likeness (QED) is 0.568. The standard InChI is InChI=1S/C23H46N2O/c1-16(2)22-12-11-21(25(22)18(5)6)10-9-19(7)23-13-20(15-26-8)14-24(23)17(3)4/h16-23H,9-15H2,1-8H3/t19?,20?,21?,22-,23-/m0/s1. The molecule has 2 heterocycles. The summed E-state index contributed by atoms with van der Waals surface area (Å²) in [5.74, 6) is 2.28. The van der Waals surface area contributed by atoms with Gasteiger partial charge in [-0.05, 0) is 77.6 Å². The zero-order valence-electron chi connectivity index (χ0n) is 18.9. The van der Waals surface area contributed by atoms with Crippen LogP contribution in [0, 0.1) is 17.8 Å². The van der Waals surface area contributed by atoms with Crippen LogP contribution in [0.5, 0.6) is 0 Å². The van der Waals surface area contributed by atoms with Crippen LogP contribution in [0.3, 0.4) is 0 Å². The summed E-state index contributed by atoms with van der Waals surface area (Å²) in [4.78, 5) is 5.60. The number of likely N-dealkylation sites (tertiary alicyclic amines) is 2. The highest BCUT2D eigenvalue weighted by Crippen LogP contribution is 2.36. The van der Waals surface area contributed by atoms with E-state index in [-0.39, 0.29) is 0 Å². The van der Waals surface area contributed by atoms with Gasteiger partial charge in [0.25, 0.3) is 0 Å². The molecule has 0 bridgehead atoms. The lowest BCUT2D eigenvalue weighted by Crippen LogP contribution is -2.44. The Kier molecular flexibility index (Phi) is 8.43. The molecule has 0 spiro atoms. The molecule has 2 fully saturated rings. The van der Waals surface area contributed by atoms with Crippen LogP contribution >= 0.6 is 0 Å². The zero-order chi connectivity index (χ0) is 19.4. The van der Waals surface area contributed by atoms with E-state index in [1.807, 2.05) is 7.11 Å². The van der Waals surface area contributed by atoms with Crippen molar-refractivity contribution in [3.8, 4) is 0 Å². The Morgan fingerprint density at radius 2 is 1.62 bits per heavy atom. The number of hydrogen-bond acceptors (Lipinski definition) is 3. The minimum atomic E-state index is 0.647. The van der Waals surface area contributed by atoms with Gasteiger partial charge in [0, 0.05) is 43.9 Å². The normalized spacial score (nSPS) is 32.4. The first-order chi connectivity index (χ1) is 12.3. The highest BCUT2D eigenvalue weighted by atomic mass is 16.5. The van der Waals surface area contributed by atoms with E-state index in [1.165, 1.54) is 38.6 Å². The number of hydrogen-bond donors (Lipinski definition) is 0. The highest BCUT2D eigenvalue weighted by Gasteiger charge is 2.39. The fourth-order valence-electron chi connectivity index (χ4n) is 5.85. The summed E-state index contributed by atoms with van der Waals surface area (Å²) in [6, 6.07) is 3.65. The van der Waals surface area contributed by atoms with E-state index in [1.54, 1.807) is 0 Å². The lowest BCUT2D eigenvalue weighted by molar-refractivity contribution is 0.102. The van der Waals surface area contributed by atoms with Gasteiger partial charge >= 0.3 is 0 Å². The van der Waals surface area contributed by atoms with E-state index in [9.17, 15) is 0 Å². The Bertz CT molecular complexity index is 409. The topological polar surface area (TPSA) is 15.7 Å². The molecule has 3 unspecified atom stereocenters. The second-order valence-corrected chi connectivity index (χ2v) is 10.1. The van der Waals surface area contributed by atoms with E-state index < -0.39 is 0 Å². The molecule has 5 atom stereocenters. The Morgan fingerprint density at radius 3 is 2.15 bits per heavy atom. The zero-order valence-corrected chi connectivity index (χ0v) is 18.9. The van der Waals surface area contributed by atoms with E-state index in [0.717, 1.165) is 42.5 Å². The number of methoxy groups -OCH3 is 1. The average molecular weight is 367 g/mol. The van der Waals surface area contributed by atoms with Crippen molar-refractivity contribution >= 4 is 0 Å². The van der Waals surface area contributed by atoms with Crippen LogP contribution in [-0.4, -0.2) is 60.3 Å². The van der Waals surface area contributed by atoms with E-state index in [4.69, 9.17) is 4.74 Å². The van der Waals surface area contributed by atoms with Crippen molar-refractivity contribution < 1.29 is 4.74 Å². The van der Waals surface area contributed by atoms with Crippen LogP contribution in [0.25, 0.3) is 0 Å². The highest BCUT2D eigenvalue weighted by molar-refractivity contribution is 4.93. The molecule has 2 saturated heterocycles. The molecule has 3 heteroatoms. The molecule has 0 amide bonds. The van der Waals surface area contributed by atoms with Gasteiger partial charge in [-0.1, -0.05) is 20.8 Å². The van der Waals surface area contributed by atoms with E-state index in [0.29, 0.717) is 12.1 Å². The predicted molar refractivity (Wildman–Crippen MR) is 113 cm³/mol. The summed E-state index contributed by atoms with van der Waals surface area (Å²) in [7, 11) is 1.85. The molecule has 3 nitrogen and oxygen atoms in total. The minimum Gasteiger partial charge on any atom is -0.384 e. The fraction of sp³-hybridized carbons (Fsp3) is 1.00. The molecule has 2 aliphatic heterocycles. The van der Waals surface area contributed by atoms with Gasteiger partial charge < -0.3 is 4.74 Å². The lowest BCUT2D eigenvalue weighted by Gasteiger charge is -2.37. The van der Waals surface area contributed by atoms with Gasteiger partial charge in [-0.25, -0.2) is 0 Å². The fourth-order valence-corrected chi connectivity index (χ4v) is 5.85. The molecule has 0 N–H and O–H groups in total. The Balaban J connectivity index is 1.93. The maximum Gasteiger partial charge on any atom is 0.0503 e. The van der Waals surface area contributed by atoms with Crippen LogP contribution < -0.4 is 0 Å². The maximum absolute atomic E-state index is 5.46. The van der Waals surface area contributed by atoms with Crippen LogP contribution in [0.1, 0.15) is 80.6 Å². The Morgan fingerprint density at radius 1 is 0.923 bits per heavy atom. The van der Waals surface area contributed by atoms with Gasteiger partial charge in [0.05, 0.1) is 6.61 Å². The molecule has 0 saturated carbocycles. The summed E-state index contributed by atoms with van der Waals surface area (Å²) < 4.78 is 5.46. The summed E-state index contributed by atoms with van der Waals surface area (Å²) in [6.07, 6.45) is 6.86. The summed E-state index contributed by atoms with van der Waals surface area (Å²) >= 11 is 0. The minimum absolute atomic E-state index is 0.647. The van der Waals surface area contributed by atoms with Crippen LogP contribution in [0.4, 0.5) is 0 Å². The van der Waals surface area contributed by atoms with Crippen molar-refractivity contribution in [2.45, 2.75) is 111 Å². The third-order valence-electron chi connectivity index (χ3n) is 7.11. The Labute approximate surface area is 163 Å². The van der Waals surface area contributed by atoms with Gasteiger partial charge in [0.2, 0.25) is 0 Å². The average Bonchev–Trinajstić information content (AvgIpc) is 3.17. The SMILES string of the molecule is COCC1C[C@@H](C(C)CCC2CC[C@@H](C(C)C)N2C(C)C)N(C(C)C)C1. The number of nitrogens with zero attached hydrogens (tertiary/aromatic N) is 2. The van der Waals surface area contributed by atoms with Crippen molar-refractivity contribution in [3.05, 3.63) is 0 Å². The molecule has 0 aromatic rings. The van der Waals surface area contributed by atoms with Crippen molar-refractivity contribution in [2.75, 3.05) is 20.3 Å². The summed E-state index contributed by atoms with van der Waals surface area (Å²) in [5, 5.41) is 0. The molecule has 26 heavy (non-hydrogen) atoms. The number of rotatable bonds is 9. The first-order valence-electron chi connectivity index (χ1n) is 11.3. The van der Waals surface area contributed by atoms with Crippen molar-refractivity contribution in [1.82, 2.24) is 9.80 Å². The predicted octanol–water partition coefficient (Wildman–Crippen LogP) is 5.05. The van der Waals surface area contributed by atoms with Gasteiger partial charge in [-0.3, -0.25) is 9.80 Å². The second-order valence-electron chi connectivity index (χ2n) is 10.1. The third kappa shape index (κ3) is 5.23. The maximum atomic E-state index is 5.46. The van der Waals surface area contributed by atoms with Gasteiger partial charge in [-0.15, -0.1) is 0 Å². The van der Waals surface area contributed by atoms with E-state index in [2.05, 4.69) is 58.3 Å². The molecule has 0 aromatic carbocycles. The van der Waals surface area contributed by atoms with Crippen molar-refractivity contribution in [1.29, 1.82) is 0 Å². The summed E-state index contributed by atoms with van der Waals surface area (Å²) in [6.45, 7) is 19.0. The molecule has 2 aliphatic rings. The van der Waals surface area contributed by atoms with Crippen LogP contribution in [0.15, 0.2) is 0 Å². The molecule has 2 rings (SSSR count). The molecule has 0 aliphatic carbocycles. The molecule has 154 valence electrons. The molecule has 0 radical (unpaired) electrons. The largest absolute Gasteiger partial charge is 0.384 e. The van der Waals surface area contributed by atoms with E-state index >= 15 is 0 Å². The van der Waals surface area contributed by atoms with Gasteiger partial charge in [0.15, 0.2) is 0 Å². The monoisotopic (exact) mass is 366 g/mol. The van der Waals surface area contributed by atoms with Gasteiger partial charge in [0.1, 0.15) is 0 Å². The summed E-state index contributed by atoms with van der Waals surface area (Å²) in [5.41, 5.74) is 0. The van der Waals surface area contributed by atoms with Crippen LogP contribution in [0.2, 0.25) is 0 Å². The second kappa shape index (κ2) is 9.89.